The van der Waals surface area contributed by atoms with Gasteiger partial charge in [0.15, 0.2) is 0 Å². The summed E-state index contributed by atoms with van der Waals surface area (Å²) in [5.41, 5.74) is 1.90. The van der Waals surface area contributed by atoms with Crippen molar-refractivity contribution in [1.82, 2.24) is 0 Å². The van der Waals surface area contributed by atoms with Crippen molar-refractivity contribution in [2.45, 2.75) is 13.3 Å². The van der Waals surface area contributed by atoms with Crippen LogP contribution in [0.2, 0.25) is 0 Å². The first-order valence-electron chi connectivity index (χ1n) is 4.09. The molecule has 0 heterocycles. The Morgan fingerprint density at radius 1 is 1.46 bits per heavy atom. The Morgan fingerprint density at radius 2 is 2.15 bits per heavy atom. The minimum atomic E-state index is -0.268. The van der Waals surface area contributed by atoms with Crippen LogP contribution >= 0.6 is 0 Å². The molecule has 0 aliphatic rings. The fourth-order valence-corrected chi connectivity index (χ4v) is 1.19. The number of allylic oxidation sites excluding steroid dienone is 1. The Labute approximate surface area is 77.8 Å². The van der Waals surface area contributed by atoms with Gasteiger partial charge in [0, 0.05) is 6.07 Å². The molecule has 1 aromatic rings. The molecular weight excluding hydrogens is 167 g/mol. The normalized spacial score (nSPS) is 9.77. The summed E-state index contributed by atoms with van der Waals surface area (Å²) in [4.78, 5) is 0. The van der Waals surface area contributed by atoms with Crippen molar-refractivity contribution in [3.8, 4) is 5.75 Å². The standard InChI is InChI=1S/C11H13FO/c1-8(2)4-9-5-10(12)7-11(6-9)13-3/h5-7H,1,4H2,2-3H3. The van der Waals surface area contributed by atoms with Crippen LogP contribution in [0.25, 0.3) is 0 Å². The maximum Gasteiger partial charge on any atom is 0.127 e. The van der Waals surface area contributed by atoms with Crippen LogP contribution in [0.1, 0.15) is 12.5 Å². The molecule has 0 aliphatic heterocycles. The summed E-state index contributed by atoms with van der Waals surface area (Å²) in [6.07, 6.45) is 0.689. The summed E-state index contributed by atoms with van der Waals surface area (Å²) in [5, 5.41) is 0. The smallest absolute Gasteiger partial charge is 0.127 e. The lowest BCUT2D eigenvalue weighted by atomic mass is 10.1. The minimum absolute atomic E-state index is 0.268. The van der Waals surface area contributed by atoms with Gasteiger partial charge in [-0.05, 0) is 31.0 Å². The van der Waals surface area contributed by atoms with E-state index in [1.165, 1.54) is 19.2 Å². The van der Waals surface area contributed by atoms with E-state index < -0.39 is 0 Å². The number of rotatable bonds is 3. The highest BCUT2D eigenvalue weighted by Crippen LogP contribution is 2.17. The lowest BCUT2D eigenvalue weighted by Crippen LogP contribution is -1.90. The number of hydrogen-bond donors (Lipinski definition) is 0. The monoisotopic (exact) mass is 180 g/mol. The molecule has 13 heavy (non-hydrogen) atoms. The molecule has 1 aromatic carbocycles. The second-order valence-electron chi connectivity index (χ2n) is 3.13. The topological polar surface area (TPSA) is 9.23 Å². The first-order chi connectivity index (χ1) is 6.11. The van der Waals surface area contributed by atoms with E-state index in [0.29, 0.717) is 12.2 Å². The van der Waals surface area contributed by atoms with Crippen molar-refractivity contribution < 1.29 is 9.13 Å². The highest BCUT2D eigenvalue weighted by atomic mass is 19.1. The quantitative estimate of drug-likeness (QED) is 0.650. The molecule has 0 spiro atoms. The van der Waals surface area contributed by atoms with Crippen LogP contribution < -0.4 is 4.74 Å². The molecule has 0 atom stereocenters. The van der Waals surface area contributed by atoms with Crippen LogP contribution in [0.4, 0.5) is 4.39 Å². The van der Waals surface area contributed by atoms with Gasteiger partial charge in [0.1, 0.15) is 11.6 Å². The van der Waals surface area contributed by atoms with E-state index in [-0.39, 0.29) is 5.82 Å². The van der Waals surface area contributed by atoms with Gasteiger partial charge < -0.3 is 4.74 Å². The predicted molar refractivity (Wildman–Crippen MR) is 51.5 cm³/mol. The van der Waals surface area contributed by atoms with E-state index in [4.69, 9.17) is 4.74 Å². The first kappa shape index (κ1) is 9.78. The van der Waals surface area contributed by atoms with E-state index in [9.17, 15) is 4.39 Å². The highest BCUT2D eigenvalue weighted by molar-refractivity contribution is 5.31. The molecule has 1 nitrogen and oxygen atoms in total. The largest absolute Gasteiger partial charge is 0.497 e. The minimum Gasteiger partial charge on any atom is -0.497 e. The van der Waals surface area contributed by atoms with Gasteiger partial charge >= 0.3 is 0 Å². The van der Waals surface area contributed by atoms with Crippen molar-refractivity contribution in [3.05, 3.63) is 41.7 Å². The summed E-state index contributed by atoms with van der Waals surface area (Å²) < 4.78 is 17.9. The molecule has 0 bridgehead atoms. The van der Waals surface area contributed by atoms with E-state index in [0.717, 1.165) is 11.1 Å². The zero-order valence-corrected chi connectivity index (χ0v) is 7.93. The highest BCUT2D eigenvalue weighted by Gasteiger charge is 2.00. The fourth-order valence-electron chi connectivity index (χ4n) is 1.19. The summed E-state index contributed by atoms with van der Waals surface area (Å²) in [6.45, 7) is 5.69. The summed E-state index contributed by atoms with van der Waals surface area (Å²) in [6, 6.07) is 4.68. The van der Waals surface area contributed by atoms with Crippen molar-refractivity contribution in [1.29, 1.82) is 0 Å². The van der Waals surface area contributed by atoms with Crippen LogP contribution in [-0.2, 0) is 6.42 Å². The van der Waals surface area contributed by atoms with E-state index in [1.54, 1.807) is 0 Å². The lowest BCUT2D eigenvalue weighted by Gasteiger charge is -2.04. The third-order valence-corrected chi connectivity index (χ3v) is 1.67. The van der Waals surface area contributed by atoms with Crippen molar-refractivity contribution >= 4 is 0 Å². The van der Waals surface area contributed by atoms with Crippen molar-refractivity contribution in [2.24, 2.45) is 0 Å². The molecule has 0 unspecified atom stereocenters. The molecule has 0 saturated heterocycles. The molecule has 2 heteroatoms. The number of benzene rings is 1. The van der Waals surface area contributed by atoms with Crippen molar-refractivity contribution in [2.75, 3.05) is 7.11 Å². The van der Waals surface area contributed by atoms with Crippen LogP contribution in [0.15, 0.2) is 30.4 Å². The third kappa shape index (κ3) is 2.90. The number of hydrogen-bond acceptors (Lipinski definition) is 1. The summed E-state index contributed by atoms with van der Waals surface area (Å²) in [7, 11) is 1.53. The lowest BCUT2D eigenvalue weighted by molar-refractivity contribution is 0.410. The molecular formula is C11H13FO. The van der Waals surface area contributed by atoms with E-state index in [1.807, 2.05) is 13.0 Å². The molecule has 0 fully saturated rings. The SMILES string of the molecule is C=C(C)Cc1cc(F)cc(OC)c1. The molecule has 70 valence electrons. The Hall–Kier alpha value is -1.31. The summed E-state index contributed by atoms with van der Waals surface area (Å²) >= 11 is 0. The van der Waals surface area contributed by atoms with Gasteiger partial charge in [-0.1, -0.05) is 12.2 Å². The average Bonchev–Trinajstić information content (AvgIpc) is 2.01. The zero-order valence-electron chi connectivity index (χ0n) is 7.93. The Morgan fingerprint density at radius 3 is 2.69 bits per heavy atom. The van der Waals surface area contributed by atoms with E-state index in [2.05, 4.69) is 6.58 Å². The van der Waals surface area contributed by atoms with Gasteiger partial charge in [0.2, 0.25) is 0 Å². The Bertz CT molecular complexity index is 318. The maximum absolute atomic E-state index is 13.0. The van der Waals surface area contributed by atoms with E-state index >= 15 is 0 Å². The number of ether oxygens (including phenoxy) is 1. The second kappa shape index (κ2) is 4.08. The molecule has 1 rings (SSSR count). The predicted octanol–water partition coefficient (Wildman–Crippen LogP) is 2.95. The van der Waals surface area contributed by atoms with Gasteiger partial charge in [-0.2, -0.15) is 0 Å². The Kier molecular flexibility index (Phi) is 3.07. The van der Waals surface area contributed by atoms with Gasteiger partial charge in [-0.15, -0.1) is 0 Å². The van der Waals surface area contributed by atoms with Crippen LogP contribution in [0.5, 0.6) is 5.75 Å². The van der Waals surface area contributed by atoms with Gasteiger partial charge in [-0.3, -0.25) is 0 Å². The van der Waals surface area contributed by atoms with Crippen molar-refractivity contribution in [3.63, 3.8) is 0 Å². The second-order valence-corrected chi connectivity index (χ2v) is 3.13. The van der Waals surface area contributed by atoms with Crippen LogP contribution in [-0.4, -0.2) is 7.11 Å². The first-order valence-corrected chi connectivity index (χ1v) is 4.09. The Balaban J connectivity index is 2.94. The molecule has 0 amide bonds. The maximum atomic E-state index is 13.0. The third-order valence-electron chi connectivity index (χ3n) is 1.67. The molecule has 0 radical (unpaired) electrons. The van der Waals surface area contributed by atoms with Gasteiger partial charge in [0.25, 0.3) is 0 Å². The molecule has 0 aromatic heterocycles. The number of halogens is 1. The molecule has 0 aliphatic carbocycles. The summed E-state index contributed by atoms with van der Waals surface area (Å²) in [5.74, 6) is 0.284. The number of methoxy groups -OCH3 is 1. The fraction of sp³-hybridized carbons (Fsp3) is 0.273. The molecule has 0 N–H and O–H groups in total. The van der Waals surface area contributed by atoms with Gasteiger partial charge in [0.05, 0.1) is 7.11 Å². The average molecular weight is 180 g/mol. The van der Waals surface area contributed by atoms with Crippen LogP contribution in [0, 0.1) is 5.82 Å². The van der Waals surface area contributed by atoms with Gasteiger partial charge in [-0.25, -0.2) is 4.39 Å². The zero-order chi connectivity index (χ0) is 9.84. The van der Waals surface area contributed by atoms with Crippen LogP contribution in [0.3, 0.4) is 0 Å². The molecule has 0 saturated carbocycles.